The summed E-state index contributed by atoms with van der Waals surface area (Å²) in [4.78, 5) is 25.0. The van der Waals surface area contributed by atoms with Gasteiger partial charge in [0.25, 0.3) is 5.91 Å². The number of hydrogen-bond acceptors (Lipinski definition) is 5. The lowest BCUT2D eigenvalue weighted by Crippen LogP contribution is -2.20. The Labute approximate surface area is 196 Å². The van der Waals surface area contributed by atoms with Crippen molar-refractivity contribution < 1.29 is 18.7 Å². The van der Waals surface area contributed by atoms with E-state index in [0.29, 0.717) is 23.6 Å². The molecule has 6 nitrogen and oxygen atoms in total. The van der Waals surface area contributed by atoms with E-state index in [1.807, 2.05) is 31.2 Å². The summed E-state index contributed by atoms with van der Waals surface area (Å²) in [5.41, 5.74) is 4.99. The van der Waals surface area contributed by atoms with Crippen LogP contribution in [0.5, 0.6) is 5.75 Å². The fourth-order valence-corrected chi connectivity index (χ4v) is 3.51. The average molecular weight is 466 g/mol. The highest BCUT2D eigenvalue weighted by molar-refractivity contribution is 7.99. The number of carbonyl (C=O) groups is 2. The van der Waals surface area contributed by atoms with Gasteiger partial charge in [-0.1, -0.05) is 17.7 Å². The lowest BCUT2D eigenvalue weighted by Gasteiger charge is -2.07. The predicted octanol–water partition coefficient (Wildman–Crippen LogP) is 4.78. The maximum atomic E-state index is 12.9. The zero-order valence-electron chi connectivity index (χ0n) is 18.1. The van der Waals surface area contributed by atoms with Crippen LogP contribution in [0.4, 0.5) is 10.1 Å². The van der Waals surface area contributed by atoms with Crippen LogP contribution in [0.15, 0.2) is 82.8 Å². The van der Waals surface area contributed by atoms with Gasteiger partial charge in [-0.15, -0.1) is 11.8 Å². The summed E-state index contributed by atoms with van der Waals surface area (Å²) in [7, 11) is 0. The van der Waals surface area contributed by atoms with Gasteiger partial charge in [-0.25, -0.2) is 9.82 Å². The molecule has 0 unspecified atom stereocenters. The summed E-state index contributed by atoms with van der Waals surface area (Å²) in [5.74, 6) is 0.308. The molecule has 0 radical (unpaired) electrons. The number of amides is 2. The van der Waals surface area contributed by atoms with Crippen LogP contribution in [-0.2, 0) is 9.59 Å². The van der Waals surface area contributed by atoms with Crippen molar-refractivity contribution in [2.45, 2.75) is 18.2 Å². The van der Waals surface area contributed by atoms with E-state index >= 15 is 0 Å². The molecule has 2 amide bonds. The number of carbonyl (C=O) groups excluding carboxylic acids is 2. The number of aryl methyl sites for hydroxylation is 1. The van der Waals surface area contributed by atoms with Crippen molar-refractivity contribution in [3.05, 3.63) is 89.7 Å². The number of thioether (sulfide) groups is 1. The molecule has 3 aromatic rings. The molecule has 0 aliphatic rings. The fourth-order valence-electron chi connectivity index (χ4n) is 2.66. The summed E-state index contributed by atoms with van der Waals surface area (Å²) in [6.07, 6.45) is 1.90. The van der Waals surface area contributed by atoms with Crippen LogP contribution in [0.25, 0.3) is 0 Å². The van der Waals surface area contributed by atoms with Crippen LogP contribution >= 0.6 is 11.8 Å². The van der Waals surface area contributed by atoms with Crippen molar-refractivity contribution in [3.8, 4) is 5.75 Å². The smallest absolute Gasteiger partial charge is 0.262 e. The Bertz CT molecular complexity index is 1090. The van der Waals surface area contributed by atoms with Gasteiger partial charge in [0.1, 0.15) is 11.6 Å². The maximum absolute atomic E-state index is 12.9. The van der Waals surface area contributed by atoms with Gasteiger partial charge in [0, 0.05) is 22.8 Å². The zero-order valence-corrected chi connectivity index (χ0v) is 18.9. The Hall–Kier alpha value is -3.65. The molecule has 0 saturated carbocycles. The van der Waals surface area contributed by atoms with Gasteiger partial charge < -0.3 is 10.1 Å². The molecule has 0 aliphatic carbocycles. The minimum Gasteiger partial charge on any atom is -0.484 e. The highest BCUT2D eigenvalue weighted by Crippen LogP contribution is 2.19. The number of benzene rings is 3. The number of hydrazone groups is 1. The number of nitrogens with zero attached hydrogens (tertiary/aromatic N) is 1. The van der Waals surface area contributed by atoms with E-state index in [1.54, 1.807) is 36.0 Å². The zero-order chi connectivity index (χ0) is 23.5. The maximum Gasteiger partial charge on any atom is 0.262 e. The molecule has 0 fully saturated rings. The number of ether oxygens (including phenoxy) is 1. The molecule has 0 bridgehead atoms. The predicted molar refractivity (Wildman–Crippen MR) is 129 cm³/mol. The quantitative estimate of drug-likeness (QED) is 0.256. The molecule has 170 valence electrons. The van der Waals surface area contributed by atoms with E-state index in [0.717, 1.165) is 10.5 Å². The summed E-state index contributed by atoms with van der Waals surface area (Å²) in [6, 6.07) is 20.6. The Balaban J connectivity index is 1.35. The lowest BCUT2D eigenvalue weighted by molar-refractivity contribution is -0.120. The Morgan fingerprint density at radius 3 is 2.36 bits per heavy atom. The first-order valence-corrected chi connectivity index (χ1v) is 11.3. The van der Waals surface area contributed by atoms with Crippen molar-refractivity contribution in [3.63, 3.8) is 0 Å². The summed E-state index contributed by atoms with van der Waals surface area (Å²) >= 11 is 1.63. The first-order valence-electron chi connectivity index (χ1n) is 10.3. The normalized spacial score (nSPS) is 10.7. The van der Waals surface area contributed by atoms with Crippen molar-refractivity contribution in [2.75, 3.05) is 17.7 Å². The van der Waals surface area contributed by atoms with E-state index in [2.05, 4.69) is 15.8 Å². The van der Waals surface area contributed by atoms with Gasteiger partial charge in [0.05, 0.1) is 6.21 Å². The summed E-state index contributed by atoms with van der Waals surface area (Å²) in [5, 5.41) is 6.59. The number of halogens is 1. The van der Waals surface area contributed by atoms with Gasteiger partial charge in [-0.2, -0.15) is 5.10 Å². The third-order valence-electron chi connectivity index (χ3n) is 4.40. The van der Waals surface area contributed by atoms with E-state index in [9.17, 15) is 14.0 Å². The minimum atomic E-state index is -0.371. The monoisotopic (exact) mass is 465 g/mol. The van der Waals surface area contributed by atoms with Gasteiger partial charge >= 0.3 is 0 Å². The second-order valence-corrected chi connectivity index (χ2v) is 8.29. The largest absolute Gasteiger partial charge is 0.484 e. The minimum absolute atomic E-state index is 0.155. The van der Waals surface area contributed by atoms with Crippen molar-refractivity contribution in [2.24, 2.45) is 5.10 Å². The Morgan fingerprint density at radius 2 is 1.67 bits per heavy atom. The van der Waals surface area contributed by atoms with Crippen LogP contribution in [-0.4, -0.2) is 30.4 Å². The molecule has 0 aliphatic heterocycles. The topological polar surface area (TPSA) is 79.8 Å². The molecule has 0 spiro atoms. The van der Waals surface area contributed by atoms with Crippen LogP contribution in [0.2, 0.25) is 0 Å². The highest BCUT2D eigenvalue weighted by Gasteiger charge is 2.04. The van der Waals surface area contributed by atoms with Crippen molar-refractivity contribution in [1.29, 1.82) is 0 Å². The van der Waals surface area contributed by atoms with E-state index in [1.165, 1.54) is 36.0 Å². The molecule has 3 rings (SSSR count). The standard InChI is InChI=1S/C25H24FN3O3S/c1-18-2-12-23(13-3-18)33-15-14-24(30)29-27-16-19-4-10-22(11-5-19)32-17-25(31)28-21-8-6-20(26)7-9-21/h2-13,16H,14-15,17H2,1H3,(H,28,31)(H,29,30)/b27-16-. The number of hydrogen-bond donors (Lipinski definition) is 2. The lowest BCUT2D eigenvalue weighted by atomic mass is 10.2. The first-order chi connectivity index (χ1) is 16.0. The van der Waals surface area contributed by atoms with E-state index < -0.39 is 0 Å². The van der Waals surface area contributed by atoms with Crippen LogP contribution in [0.1, 0.15) is 17.5 Å². The second kappa shape index (κ2) is 12.4. The SMILES string of the molecule is Cc1ccc(SCCC(=O)N/N=C\c2ccc(OCC(=O)Nc3ccc(F)cc3)cc2)cc1. The molecule has 0 saturated heterocycles. The number of nitrogens with one attached hydrogen (secondary N) is 2. The molecule has 0 atom stereocenters. The molecule has 3 aromatic carbocycles. The van der Waals surface area contributed by atoms with E-state index in [4.69, 9.17) is 4.74 Å². The molecule has 0 aromatic heterocycles. The molecule has 33 heavy (non-hydrogen) atoms. The van der Waals surface area contributed by atoms with Crippen LogP contribution in [0.3, 0.4) is 0 Å². The summed E-state index contributed by atoms with van der Waals surface area (Å²) in [6.45, 7) is 1.86. The molecular weight excluding hydrogens is 441 g/mol. The Kier molecular flexibility index (Phi) is 9.02. The van der Waals surface area contributed by atoms with Gasteiger partial charge in [0.15, 0.2) is 6.61 Å². The fraction of sp³-hybridized carbons (Fsp3) is 0.160. The van der Waals surface area contributed by atoms with Crippen LogP contribution in [0, 0.1) is 12.7 Å². The second-order valence-electron chi connectivity index (χ2n) is 7.12. The average Bonchev–Trinajstić information content (AvgIpc) is 2.81. The van der Waals surface area contributed by atoms with Crippen molar-refractivity contribution in [1.82, 2.24) is 5.43 Å². The highest BCUT2D eigenvalue weighted by atomic mass is 32.2. The van der Waals surface area contributed by atoms with Gasteiger partial charge in [-0.3, -0.25) is 9.59 Å². The first kappa shape index (κ1) is 24.0. The molecular formula is C25H24FN3O3S. The molecule has 8 heteroatoms. The molecule has 2 N–H and O–H groups in total. The van der Waals surface area contributed by atoms with Gasteiger partial charge in [0.2, 0.25) is 5.91 Å². The van der Waals surface area contributed by atoms with Crippen LogP contribution < -0.4 is 15.5 Å². The van der Waals surface area contributed by atoms with Gasteiger partial charge in [-0.05, 0) is 73.2 Å². The number of rotatable bonds is 10. The Morgan fingerprint density at radius 1 is 0.970 bits per heavy atom. The van der Waals surface area contributed by atoms with Crippen molar-refractivity contribution >= 4 is 35.5 Å². The molecule has 0 heterocycles. The third kappa shape index (κ3) is 8.78. The summed E-state index contributed by atoms with van der Waals surface area (Å²) < 4.78 is 18.3. The third-order valence-corrected chi connectivity index (χ3v) is 5.41. The van der Waals surface area contributed by atoms with E-state index in [-0.39, 0.29) is 24.2 Å². The number of anilines is 1.